The Morgan fingerprint density at radius 1 is 1.20 bits per heavy atom. The molecular formula is C11H14N4. The largest absolute Gasteiger partial charge is 0.237 e. The number of aromatic nitrogens is 4. The third-order valence-electron chi connectivity index (χ3n) is 2.28. The van der Waals surface area contributed by atoms with Gasteiger partial charge in [0.1, 0.15) is 12.2 Å². The van der Waals surface area contributed by atoms with E-state index < -0.39 is 0 Å². The summed E-state index contributed by atoms with van der Waals surface area (Å²) < 4.78 is 1.68. The van der Waals surface area contributed by atoms with Gasteiger partial charge < -0.3 is 0 Å². The number of aryl methyl sites for hydroxylation is 1. The normalized spacial score (nSPS) is 10.9. The van der Waals surface area contributed by atoms with Crippen LogP contribution in [0.15, 0.2) is 24.7 Å². The van der Waals surface area contributed by atoms with Crippen molar-refractivity contribution >= 4 is 0 Å². The Balaban J connectivity index is 2.31. The lowest BCUT2D eigenvalue weighted by atomic mass is 10.1. The van der Waals surface area contributed by atoms with Gasteiger partial charge in [0.15, 0.2) is 5.82 Å². The molecule has 0 aliphatic rings. The van der Waals surface area contributed by atoms with Crippen molar-refractivity contribution in [3.8, 4) is 5.82 Å². The molecule has 4 nitrogen and oxygen atoms in total. The summed E-state index contributed by atoms with van der Waals surface area (Å²) in [4.78, 5) is 8.41. The maximum absolute atomic E-state index is 4.34. The predicted octanol–water partition coefficient (Wildman–Crippen LogP) is 2.09. The molecule has 0 saturated carbocycles. The van der Waals surface area contributed by atoms with Gasteiger partial charge in [-0.25, -0.2) is 14.6 Å². The monoisotopic (exact) mass is 202 g/mol. The number of rotatable bonds is 2. The summed E-state index contributed by atoms with van der Waals surface area (Å²) in [6.07, 6.45) is 3.56. The zero-order valence-corrected chi connectivity index (χ0v) is 9.18. The molecule has 0 atom stereocenters. The molecule has 0 N–H and O–H groups in total. The van der Waals surface area contributed by atoms with Crippen LogP contribution in [0.5, 0.6) is 0 Å². The van der Waals surface area contributed by atoms with Crippen molar-refractivity contribution in [2.24, 2.45) is 0 Å². The van der Waals surface area contributed by atoms with Crippen molar-refractivity contribution in [3.63, 3.8) is 0 Å². The Labute approximate surface area is 89.0 Å². The van der Waals surface area contributed by atoms with Crippen molar-refractivity contribution in [1.29, 1.82) is 0 Å². The average molecular weight is 202 g/mol. The van der Waals surface area contributed by atoms with E-state index in [1.165, 1.54) is 5.56 Å². The Hall–Kier alpha value is -1.71. The lowest BCUT2D eigenvalue weighted by Crippen LogP contribution is -1.99. The predicted molar refractivity (Wildman–Crippen MR) is 58.0 cm³/mol. The highest BCUT2D eigenvalue weighted by molar-refractivity contribution is 5.25. The molecule has 0 aromatic carbocycles. The molecule has 0 fully saturated rings. The molecule has 0 bridgehead atoms. The molecule has 15 heavy (non-hydrogen) atoms. The second-order valence-electron chi connectivity index (χ2n) is 3.84. The summed E-state index contributed by atoms with van der Waals surface area (Å²) in [7, 11) is 0. The average Bonchev–Trinajstić information content (AvgIpc) is 2.65. The fourth-order valence-corrected chi connectivity index (χ4v) is 1.33. The van der Waals surface area contributed by atoms with Gasteiger partial charge in [-0.15, -0.1) is 0 Å². The minimum absolute atomic E-state index is 0.504. The van der Waals surface area contributed by atoms with E-state index in [-0.39, 0.29) is 0 Å². The zero-order chi connectivity index (χ0) is 10.8. The van der Waals surface area contributed by atoms with E-state index >= 15 is 0 Å². The summed E-state index contributed by atoms with van der Waals surface area (Å²) >= 11 is 0. The molecule has 4 heteroatoms. The molecule has 2 rings (SSSR count). The van der Waals surface area contributed by atoms with Crippen LogP contribution in [0.4, 0.5) is 0 Å². The van der Waals surface area contributed by atoms with Crippen molar-refractivity contribution < 1.29 is 0 Å². The first-order valence-electron chi connectivity index (χ1n) is 5.01. The Kier molecular flexibility index (Phi) is 2.49. The first-order chi connectivity index (χ1) is 7.16. The van der Waals surface area contributed by atoms with Crippen molar-refractivity contribution in [2.45, 2.75) is 26.7 Å². The van der Waals surface area contributed by atoms with E-state index in [2.05, 4.69) is 35.0 Å². The van der Waals surface area contributed by atoms with Crippen molar-refractivity contribution in [1.82, 2.24) is 19.7 Å². The standard InChI is InChI=1S/C11H14N4/c1-8(2)10-4-5-11(12-6-10)15-7-13-9(3)14-15/h4-8H,1-3H3. The molecular weight excluding hydrogens is 188 g/mol. The summed E-state index contributed by atoms with van der Waals surface area (Å²) in [6, 6.07) is 4.04. The molecule has 2 aromatic rings. The first kappa shape index (κ1) is 9.83. The summed E-state index contributed by atoms with van der Waals surface area (Å²) in [5.41, 5.74) is 1.23. The van der Waals surface area contributed by atoms with Crippen LogP contribution in [0.1, 0.15) is 31.2 Å². The quantitative estimate of drug-likeness (QED) is 0.749. The van der Waals surface area contributed by atoms with Crippen LogP contribution in [0, 0.1) is 6.92 Å². The topological polar surface area (TPSA) is 43.6 Å². The van der Waals surface area contributed by atoms with Gasteiger partial charge >= 0.3 is 0 Å². The highest BCUT2D eigenvalue weighted by atomic mass is 15.4. The summed E-state index contributed by atoms with van der Waals surface area (Å²) in [6.45, 7) is 6.16. The van der Waals surface area contributed by atoms with E-state index in [4.69, 9.17) is 0 Å². The van der Waals surface area contributed by atoms with Crippen LogP contribution >= 0.6 is 0 Å². The number of hydrogen-bond acceptors (Lipinski definition) is 3. The third kappa shape index (κ3) is 2.03. The summed E-state index contributed by atoms with van der Waals surface area (Å²) in [5.74, 6) is 2.06. The van der Waals surface area contributed by atoms with Crippen LogP contribution in [-0.4, -0.2) is 19.7 Å². The molecule has 0 radical (unpaired) electrons. The van der Waals surface area contributed by atoms with Gasteiger partial charge in [0.25, 0.3) is 0 Å². The molecule has 78 valence electrons. The maximum atomic E-state index is 4.34. The van der Waals surface area contributed by atoms with Crippen LogP contribution in [0.3, 0.4) is 0 Å². The van der Waals surface area contributed by atoms with Gasteiger partial charge in [-0.05, 0) is 24.5 Å². The van der Waals surface area contributed by atoms with E-state index in [9.17, 15) is 0 Å². The zero-order valence-electron chi connectivity index (χ0n) is 9.18. The number of nitrogens with zero attached hydrogens (tertiary/aromatic N) is 4. The van der Waals surface area contributed by atoms with Gasteiger partial charge in [0, 0.05) is 6.20 Å². The lowest BCUT2D eigenvalue weighted by molar-refractivity contribution is 0.814. The Morgan fingerprint density at radius 3 is 2.47 bits per heavy atom. The minimum atomic E-state index is 0.504. The van der Waals surface area contributed by atoms with E-state index in [1.54, 1.807) is 11.0 Å². The van der Waals surface area contributed by atoms with E-state index in [1.807, 2.05) is 19.2 Å². The molecule has 0 amide bonds. The van der Waals surface area contributed by atoms with E-state index in [0.29, 0.717) is 5.92 Å². The molecule has 2 aromatic heterocycles. The molecule has 0 spiro atoms. The van der Waals surface area contributed by atoms with Crippen LogP contribution in [0.2, 0.25) is 0 Å². The van der Waals surface area contributed by atoms with Gasteiger partial charge in [-0.3, -0.25) is 0 Å². The molecule has 0 aliphatic carbocycles. The van der Waals surface area contributed by atoms with Crippen LogP contribution in [0.25, 0.3) is 5.82 Å². The van der Waals surface area contributed by atoms with E-state index in [0.717, 1.165) is 11.6 Å². The summed E-state index contributed by atoms with van der Waals surface area (Å²) in [5, 5.41) is 4.20. The minimum Gasteiger partial charge on any atom is -0.237 e. The van der Waals surface area contributed by atoms with Crippen molar-refractivity contribution in [2.75, 3.05) is 0 Å². The number of pyridine rings is 1. The maximum Gasteiger partial charge on any atom is 0.155 e. The Bertz CT molecular complexity index is 442. The fourth-order valence-electron chi connectivity index (χ4n) is 1.33. The fraction of sp³-hybridized carbons (Fsp3) is 0.364. The van der Waals surface area contributed by atoms with Crippen LogP contribution in [-0.2, 0) is 0 Å². The van der Waals surface area contributed by atoms with Gasteiger partial charge in [-0.1, -0.05) is 19.9 Å². The molecule has 0 saturated heterocycles. The number of hydrogen-bond donors (Lipinski definition) is 0. The van der Waals surface area contributed by atoms with Gasteiger partial charge in [0.2, 0.25) is 0 Å². The molecule has 2 heterocycles. The highest BCUT2D eigenvalue weighted by Gasteiger charge is 2.02. The Morgan fingerprint density at radius 2 is 2.00 bits per heavy atom. The SMILES string of the molecule is Cc1ncn(-c2ccc(C(C)C)cn2)n1. The van der Waals surface area contributed by atoms with Crippen LogP contribution < -0.4 is 0 Å². The smallest absolute Gasteiger partial charge is 0.155 e. The first-order valence-corrected chi connectivity index (χ1v) is 5.01. The second-order valence-corrected chi connectivity index (χ2v) is 3.84. The molecule has 0 aliphatic heterocycles. The second kappa shape index (κ2) is 3.81. The van der Waals surface area contributed by atoms with Gasteiger partial charge in [-0.2, -0.15) is 5.10 Å². The third-order valence-corrected chi connectivity index (χ3v) is 2.28. The molecule has 0 unspecified atom stereocenters. The lowest BCUT2D eigenvalue weighted by Gasteiger charge is -2.05. The highest BCUT2D eigenvalue weighted by Crippen LogP contribution is 2.13. The van der Waals surface area contributed by atoms with Gasteiger partial charge in [0.05, 0.1) is 0 Å². The van der Waals surface area contributed by atoms with Crippen molar-refractivity contribution in [3.05, 3.63) is 36.0 Å².